The molecule has 1 aliphatic rings. The van der Waals surface area contributed by atoms with Gasteiger partial charge in [-0.15, -0.1) is 0 Å². The van der Waals surface area contributed by atoms with Crippen molar-refractivity contribution < 1.29 is 33.1 Å². The van der Waals surface area contributed by atoms with E-state index in [-0.39, 0.29) is 24.0 Å². The van der Waals surface area contributed by atoms with Crippen molar-refractivity contribution >= 4 is 0 Å². The molecule has 15 heavy (non-hydrogen) atoms. The monoisotopic (exact) mass is 219 g/mol. The average Bonchev–Trinajstić information content (AvgIpc) is 2.42. The van der Waals surface area contributed by atoms with Crippen LogP contribution in [-0.2, 0) is 9.78 Å². The second kappa shape index (κ2) is 4.28. The maximum atomic E-state index is 12.0. The van der Waals surface area contributed by atoms with Crippen molar-refractivity contribution in [3.8, 4) is 17.2 Å². The summed E-state index contributed by atoms with van der Waals surface area (Å²) in [6, 6.07) is 5.13. The molecule has 0 spiro atoms. The van der Waals surface area contributed by atoms with E-state index >= 15 is 0 Å². The Hall–Kier alpha value is -1.60. The molecule has 0 saturated carbocycles. The lowest BCUT2D eigenvalue weighted by atomic mass is 10.3. The number of benzene rings is 1. The third kappa shape index (κ3) is 2.25. The molecule has 1 radical (unpaired) electrons. The van der Waals surface area contributed by atoms with Crippen LogP contribution in [0.4, 0.5) is 8.78 Å². The molecule has 5 nitrogen and oxygen atoms in total. The van der Waals surface area contributed by atoms with Crippen molar-refractivity contribution in [1.82, 2.24) is 0 Å². The van der Waals surface area contributed by atoms with E-state index in [1.165, 1.54) is 12.1 Å². The first-order chi connectivity index (χ1) is 7.27. The Labute approximate surface area is 82.9 Å². The van der Waals surface area contributed by atoms with Crippen LogP contribution in [0.25, 0.3) is 0 Å². The van der Waals surface area contributed by atoms with Crippen molar-refractivity contribution in [1.29, 1.82) is 0 Å². The van der Waals surface area contributed by atoms with Gasteiger partial charge in [-0.25, -0.2) is 0 Å². The van der Waals surface area contributed by atoms with Gasteiger partial charge < -0.3 is 14.5 Å². The predicted molar refractivity (Wildman–Crippen MR) is 40.2 cm³/mol. The van der Waals surface area contributed by atoms with E-state index in [1.807, 2.05) is 0 Å². The number of fused-ring (bicyclic) bond motifs is 1. The summed E-state index contributed by atoms with van der Waals surface area (Å²) in [6.07, 6.45) is 0. The fourth-order valence-electron chi connectivity index (χ4n) is 0.961. The summed E-state index contributed by atoms with van der Waals surface area (Å²) in [5.74, 6) is -0.384. The summed E-state index contributed by atoms with van der Waals surface area (Å²) in [5, 5.41) is 0. The maximum absolute atomic E-state index is 12.0. The van der Waals surface area contributed by atoms with E-state index in [0.29, 0.717) is 0 Å². The molecule has 0 aromatic heterocycles. The van der Waals surface area contributed by atoms with Gasteiger partial charge in [0.25, 0.3) is 5.75 Å². The molecule has 0 N–H and O–H groups in total. The zero-order valence-electron chi connectivity index (χ0n) is 7.24. The Bertz CT molecular complexity index is 344. The van der Waals surface area contributed by atoms with E-state index < -0.39 is 6.61 Å². The molecule has 1 heterocycles. The Morgan fingerprint density at radius 3 is 2.93 bits per heavy atom. The van der Waals surface area contributed by atoms with Crippen molar-refractivity contribution in [3.63, 3.8) is 0 Å². The summed E-state index contributed by atoms with van der Waals surface area (Å²) in [5.41, 5.74) is 0. The van der Waals surface area contributed by atoms with Gasteiger partial charge in [-0.2, -0.15) is 18.6 Å². The minimum absolute atomic E-state index is 0.0225. The van der Waals surface area contributed by atoms with Gasteiger partial charge in [0.1, 0.15) is 0 Å². The standard InChI is InChI=1S/C8H5F2O5/c9-8(10)13-5-2-1-3-6-7(5)15-12-4-11-14-6/h1-2,8H,4H2. The number of rotatable bonds is 2. The number of halogens is 2. The van der Waals surface area contributed by atoms with Crippen LogP contribution in [-0.4, -0.2) is 13.4 Å². The minimum Gasteiger partial charge on any atom is -0.431 e. The largest absolute Gasteiger partial charge is 0.431 e. The van der Waals surface area contributed by atoms with Gasteiger partial charge in [0, 0.05) is 6.07 Å². The molecule has 0 fully saturated rings. The molecule has 1 aromatic rings. The number of hydrogen-bond acceptors (Lipinski definition) is 5. The highest BCUT2D eigenvalue weighted by Gasteiger charge is 2.20. The van der Waals surface area contributed by atoms with E-state index in [4.69, 9.17) is 0 Å². The van der Waals surface area contributed by atoms with E-state index in [1.54, 1.807) is 0 Å². The number of alkyl halides is 2. The first-order valence-corrected chi connectivity index (χ1v) is 3.86. The van der Waals surface area contributed by atoms with E-state index in [2.05, 4.69) is 30.4 Å². The van der Waals surface area contributed by atoms with Crippen LogP contribution in [0, 0.1) is 6.07 Å². The predicted octanol–water partition coefficient (Wildman–Crippen LogP) is 1.68. The lowest BCUT2D eigenvalue weighted by Crippen LogP contribution is -2.04. The highest BCUT2D eigenvalue weighted by Crippen LogP contribution is 2.38. The van der Waals surface area contributed by atoms with Crippen LogP contribution < -0.4 is 14.5 Å². The Morgan fingerprint density at radius 2 is 2.13 bits per heavy atom. The van der Waals surface area contributed by atoms with Crippen LogP contribution in [0.1, 0.15) is 0 Å². The Morgan fingerprint density at radius 1 is 1.33 bits per heavy atom. The number of hydrogen-bond donors (Lipinski definition) is 0. The van der Waals surface area contributed by atoms with Gasteiger partial charge in [-0.3, -0.25) is 0 Å². The van der Waals surface area contributed by atoms with Gasteiger partial charge >= 0.3 is 6.61 Å². The molecule has 0 unspecified atom stereocenters. The molecule has 0 bridgehead atoms. The SMILES string of the molecule is FC(F)Oc1cc[c]c2c1OOCOO2. The normalized spacial score (nSPS) is 14.9. The van der Waals surface area contributed by atoms with Gasteiger partial charge in [-0.1, -0.05) is 0 Å². The van der Waals surface area contributed by atoms with E-state index in [0.717, 1.165) is 0 Å². The smallest absolute Gasteiger partial charge is 0.387 e. The van der Waals surface area contributed by atoms with Gasteiger partial charge in [0.05, 0.1) is 0 Å². The molecule has 2 rings (SSSR count). The van der Waals surface area contributed by atoms with Crippen molar-refractivity contribution in [3.05, 3.63) is 18.2 Å². The summed E-state index contributed by atoms with van der Waals surface area (Å²) < 4.78 is 28.2. The summed E-state index contributed by atoms with van der Waals surface area (Å²) in [6.45, 7) is -3.26. The lowest BCUT2D eigenvalue weighted by molar-refractivity contribution is -0.330. The average molecular weight is 219 g/mol. The lowest BCUT2D eigenvalue weighted by Gasteiger charge is -2.08. The molecule has 81 valence electrons. The molecule has 7 heteroatoms. The Kier molecular flexibility index (Phi) is 2.84. The van der Waals surface area contributed by atoms with Crippen LogP contribution in [0.5, 0.6) is 17.2 Å². The van der Waals surface area contributed by atoms with Crippen LogP contribution >= 0.6 is 0 Å². The minimum atomic E-state index is -2.97. The van der Waals surface area contributed by atoms with Gasteiger partial charge in [-0.05, 0) is 12.1 Å². The van der Waals surface area contributed by atoms with E-state index in [9.17, 15) is 8.78 Å². The third-order valence-electron chi connectivity index (χ3n) is 1.48. The van der Waals surface area contributed by atoms with Crippen LogP contribution in [0.2, 0.25) is 0 Å². The van der Waals surface area contributed by atoms with Crippen molar-refractivity contribution in [2.75, 3.05) is 6.79 Å². The molecule has 1 aliphatic heterocycles. The van der Waals surface area contributed by atoms with Crippen LogP contribution in [0.3, 0.4) is 0 Å². The van der Waals surface area contributed by atoms with Crippen molar-refractivity contribution in [2.45, 2.75) is 6.61 Å². The molecule has 0 amide bonds. The topological polar surface area (TPSA) is 46.2 Å². The summed E-state index contributed by atoms with van der Waals surface area (Å²) in [4.78, 5) is 18.2. The quantitative estimate of drug-likeness (QED) is 0.708. The molecule has 0 atom stereocenters. The highest BCUT2D eigenvalue weighted by molar-refractivity contribution is 5.49. The Balaban J connectivity index is 2.30. The van der Waals surface area contributed by atoms with Crippen LogP contribution in [0.15, 0.2) is 12.1 Å². The first-order valence-electron chi connectivity index (χ1n) is 3.86. The fourth-order valence-corrected chi connectivity index (χ4v) is 0.961. The summed E-state index contributed by atoms with van der Waals surface area (Å²) in [7, 11) is 0. The number of ether oxygens (including phenoxy) is 1. The van der Waals surface area contributed by atoms with Gasteiger partial charge in [0.2, 0.25) is 12.5 Å². The van der Waals surface area contributed by atoms with Gasteiger partial charge in [0.15, 0.2) is 5.75 Å². The molecular weight excluding hydrogens is 214 g/mol. The fraction of sp³-hybridized carbons (Fsp3) is 0.250. The molecule has 1 aromatic carbocycles. The zero-order valence-corrected chi connectivity index (χ0v) is 7.24. The molecular formula is C8H5F2O5. The zero-order chi connectivity index (χ0) is 10.7. The second-order valence-corrected chi connectivity index (χ2v) is 2.40. The maximum Gasteiger partial charge on any atom is 0.387 e. The first kappa shape index (κ1) is 9.94. The summed E-state index contributed by atoms with van der Waals surface area (Å²) >= 11 is 0. The highest BCUT2D eigenvalue weighted by atomic mass is 19.3. The second-order valence-electron chi connectivity index (χ2n) is 2.40. The third-order valence-corrected chi connectivity index (χ3v) is 1.48. The van der Waals surface area contributed by atoms with Crippen molar-refractivity contribution in [2.24, 2.45) is 0 Å². The molecule has 0 saturated heterocycles. The molecule has 0 aliphatic carbocycles.